The lowest BCUT2D eigenvalue weighted by atomic mass is 9.76. The number of benzene rings is 1. The minimum atomic E-state index is 0.345. The Hall–Kier alpha value is -2.57. The van der Waals surface area contributed by atoms with Crippen molar-refractivity contribution in [3.05, 3.63) is 78.4 Å². The largest absolute Gasteiger partial charge is 0.348 e. The summed E-state index contributed by atoms with van der Waals surface area (Å²) in [4.78, 5) is 21.3. The first-order valence-electron chi connectivity index (χ1n) is 10.5. The van der Waals surface area contributed by atoms with Gasteiger partial charge < -0.3 is 4.98 Å². The number of likely N-dealkylation sites (tertiary alicyclic amines) is 2. The molecule has 29 heavy (non-hydrogen) atoms. The van der Waals surface area contributed by atoms with E-state index in [0.29, 0.717) is 11.3 Å². The normalized spacial score (nSPS) is 24.8. The molecule has 3 aromatic rings. The Balaban J connectivity index is 1.30. The van der Waals surface area contributed by atoms with Gasteiger partial charge in [0.15, 0.2) is 0 Å². The number of nitrogens with zero attached hydrogens (tertiary/aromatic N) is 5. The zero-order chi connectivity index (χ0) is 19.5. The molecule has 0 aliphatic carbocycles. The molecule has 6 nitrogen and oxygen atoms in total. The lowest BCUT2D eigenvalue weighted by molar-refractivity contribution is 0.193. The summed E-state index contributed by atoms with van der Waals surface area (Å²) in [5.74, 6) is 1.77. The van der Waals surface area contributed by atoms with E-state index in [0.717, 1.165) is 51.5 Å². The van der Waals surface area contributed by atoms with Gasteiger partial charge in [0.05, 0.1) is 6.54 Å². The molecule has 2 aliphatic heterocycles. The van der Waals surface area contributed by atoms with Gasteiger partial charge in [0.1, 0.15) is 12.2 Å². The maximum Gasteiger partial charge on any atom is 0.120 e. The van der Waals surface area contributed by atoms with Crippen LogP contribution in [0, 0.1) is 11.3 Å². The summed E-state index contributed by atoms with van der Waals surface area (Å²) in [6.07, 6.45) is 11.6. The van der Waals surface area contributed by atoms with E-state index in [4.69, 9.17) is 0 Å². The fraction of sp³-hybridized carbons (Fsp3) is 0.435. The third-order valence-electron chi connectivity index (χ3n) is 6.60. The fourth-order valence-electron chi connectivity index (χ4n) is 5.30. The van der Waals surface area contributed by atoms with E-state index in [1.165, 1.54) is 17.5 Å². The van der Waals surface area contributed by atoms with Crippen molar-refractivity contribution in [1.82, 2.24) is 29.7 Å². The van der Waals surface area contributed by atoms with Gasteiger partial charge in [-0.25, -0.2) is 15.0 Å². The molecule has 1 N–H and O–H groups in total. The summed E-state index contributed by atoms with van der Waals surface area (Å²) in [7, 11) is 0. The number of hydrogen-bond donors (Lipinski definition) is 1. The zero-order valence-corrected chi connectivity index (χ0v) is 16.7. The molecule has 0 radical (unpaired) electrons. The molecule has 0 amide bonds. The minimum absolute atomic E-state index is 0.345. The van der Waals surface area contributed by atoms with Crippen molar-refractivity contribution >= 4 is 0 Å². The molecular formula is C23H28N6. The molecule has 0 saturated carbocycles. The quantitative estimate of drug-likeness (QED) is 0.674. The van der Waals surface area contributed by atoms with Gasteiger partial charge in [-0.1, -0.05) is 30.3 Å². The summed E-state index contributed by atoms with van der Waals surface area (Å²) in [5, 5.41) is 0. The molecule has 0 spiro atoms. The number of aryl methyl sites for hydroxylation is 1. The summed E-state index contributed by atoms with van der Waals surface area (Å²) in [6.45, 7) is 6.46. The Bertz CT molecular complexity index is 898. The number of aromatic amines is 1. The summed E-state index contributed by atoms with van der Waals surface area (Å²) in [5.41, 5.74) is 3.00. The predicted octanol–water partition coefficient (Wildman–Crippen LogP) is 2.77. The SMILES string of the molecule is c1ccc(CCC23CN(Cc4cncnc4)CC2CN(Cc2ncc[nH]2)C3)cc1. The molecule has 2 atom stereocenters. The first-order chi connectivity index (χ1) is 14.3. The van der Waals surface area contributed by atoms with Crippen LogP contribution in [0.15, 0.2) is 61.4 Å². The van der Waals surface area contributed by atoms with Crippen LogP contribution in [0.1, 0.15) is 23.4 Å². The summed E-state index contributed by atoms with van der Waals surface area (Å²) < 4.78 is 0. The maximum atomic E-state index is 4.44. The average molecular weight is 389 g/mol. The van der Waals surface area contributed by atoms with E-state index >= 15 is 0 Å². The van der Waals surface area contributed by atoms with Gasteiger partial charge in [0.25, 0.3) is 0 Å². The van der Waals surface area contributed by atoms with Crippen molar-refractivity contribution in [2.24, 2.45) is 11.3 Å². The van der Waals surface area contributed by atoms with E-state index in [1.54, 1.807) is 6.33 Å². The van der Waals surface area contributed by atoms with Crippen LogP contribution in [0.25, 0.3) is 0 Å². The Morgan fingerprint density at radius 2 is 1.72 bits per heavy atom. The summed E-state index contributed by atoms with van der Waals surface area (Å²) >= 11 is 0. The van der Waals surface area contributed by atoms with Crippen LogP contribution < -0.4 is 0 Å². The molecule has 1 aromatic carbocycles. The topological polar surface area (TPSA) is 60.9 Å². The molecule has 2 fully saturated rings. The van der Waals surface area contributed by atoms with Crippen molar-refractivity contribution in [3.63, 3.8) is 0 Å². The van der Waals surface area contributed by atoms with Crippen molar-refractivity contribution in [2.75, 3.05) is 26.2 Å². The van der Waals surface area contributed by atoms with Crippen LogP contribution in [0.5, 0.6) is 0 Å². The number of fused-ring (bicyclic) bond motifs is 1. The highest BCUT2D eigenvalue weighted by Crippen LogP contribution is 2.46. The Labute approximate surface area is 172 Å². The van der Waals surface area contributed by atoms with Crippen LogP contribution in [0.3, 0.4) is 0 Å². The number of aromatic nitrogens is 4. The van der Waals surface area contributed by atoms with Crippen molar-refractivity contribution in [3.8, 4) is 0 Å². The molecular weight excluding hydrogens is 360 g/mol. The van der Waals surface area contributed by atoms with Gasteiger partial charge >= 0.3 is 0 Å². The lowest BCUT2D eigenvalue weighted by Gasteiger charge is -2.30. The van der Waals surface area contributed by atoms with Crippen molar-refractivity contribution in [2.45, 2.75) is 25.9 Å². The Morgan fingerprint density at radius 3 is 2.45 bits per heavy atom. The Kier molecular flexibility index (Phi) is 5.12. The van der Waals surface area contributed by atoms with Crippen LogP contribution in [0.4, 0.5) is 0 Å². The van der Waals surface area contributed by atoms with Crippen LogP contribution in [-0.4, -0.2) is 55.9 Å². The Morgan fingerprint density at radius 1 is 0.966 bits per heavy atom. The standard InChI is InChI=1S/C23H28N6/c1-2-4-19(5-3-1)6-7-23-16-28(12-20-10-24-18-25-11-20)13-21(23)14-29(17-23)15-22-26-8-9-27-22/h1-5,8-11,18,21H,6-7,12-17H2,(H,26,27). The van der Waals surface area contributed by atoms with Crippen molar-refractivity contribution < 1.29 is 0 Å². The van der Waals surface area contributed by atoms with E-state index < -0.39 is 0 Å². The molecule has 2 aliphatic rings. The van der Waals surface area contributed by atoms with Crippen LogP contribution >= 0.6 is 0 Å². The lowest BCUT2D eigenvalue weighted by Crippen LogP contribution is -2.34. The van der Waals surface area contributed by atoms with Crippen LogP contribution in [0.2, 0.25) is 0 Å². The molecule has 6 heteroatoms. The van der Waals surface area contributed by atoms with Crippen molar-refractivity contribution in [1.29, 1.82) is 0 Å². The molecule has 4 heterocycles. The van der Waals surface area contributed by atoms with Gasteiger partial charge in [0, 0.05) is 68.5 Å². The van der Waals surface area contributed by atoms with Gasteiger partial charge in [0.2, 0.25) is 0 Å². The second kappa shape index (κ2) is 8.05. The molecule has 2 aromatic heterocycles. The highest BCUT2D eigenvalue weighted by atomic mass is 15.3. The number of imidazole rings is 1. The van der Waals surface area contributed by atoms with E-state index in [2.05, 4.69) is 60.1 Å². The van der Waals surface area contributed by atoms with Gasteiger partial charge in [-0.2, -0.15) is 0 Å². The molecule has 2 unspecified atom stereocenters. The number of H-pyrrole nitrogens is 1. The highest BCUT2D eigenvalue weighted by Gasteiger charge is 2.51. The predicted molar refractivity (Wildman–Crippen MR) is 112 cm³/mol. The van der Waals surface area contributed by atoms with E-state index in [-0.39, 0.29) is 0 Å². The zero-order valence-electron chi connectivity index (χ0n) is 16.7. The third kappa shape index (κ3) is 4.09. The molecule has 0 bridgehead atoms. The maximum absolute atomic E-state index is 4.44. The second-order valence-corrected chi connectivity index (χ2v) is 8.67. The highest BCUT2D eigenvalue weighted by molar-refractivity contribution is 5.16. The molecule has 2 saturated heterocycles. The molecule has 150 valence electrons. The van der Waals surface area contributed by atoms with Gasteiger partial charge in [-0.15, -0.1) is 0 Å². The summed E-state index contributed by atoms with van der Waals surface area (Å²) in [6, 6.07) is 10.9. The second-order valence-electron chi connectivity index (χ2n) is 8.67. The molecule has 5 rings (SSSR count). The van der Waals surface area contributed by atoms with E-state index in [1.807, 2.05) is 24.8 Å². The first kappa shape index (κ1) is 18.5. The van der Waals surface area contributed by atoms with Gasteiger partial charge in [-0.3, -0.25) is 9.80 Å². The van der Waals surface area contributed by atoms with Gasteiger partial charge in [-0.05, 0) is 24.3 Å². The smallest absolute Gasteiger partial charge is 0.120 e. The van der Waals surface area contributed by atoms with Crippen LogP contribution in [-0.2, 0) is 19.5 Å². The minimum Gasteiger partial charge on any atom is -0.348 e. The monoisotopic (exact) mass is 388 g/mol. The third-order valence-corrected chi connectivity index (χ3v) is 6.60. The average Bonchev–Trinajstić information content (AvgIpc) is 3.44. The fourth-order valence-corrected chi connectivity index (χ4v) is 5.30. The number of nitrogens with one attached hydrogen (secondary N) is 1. The van der Waals surface area contributed by atoms with E-state index in [9.17, 15) is 0 Å². The number of hydrogen-bond acceptors (Lipinski definition) is 5. The number of rotatable bonds is 7. The first-order valence-corrected chi connectivity index (χ1v) is 10.5.